The smallest absolute Gasteiger partial charge is 0.119 e. The van der Waals surface area contributed by atoms with E-state index in [4.69, 9.17) is 4.74 Å². The van der Waals surface area contributed by atoms with E-state index in [1.807, 2.05) is 0 Å². The third-order valence-corrected chi connectivity index (χ3v) is 3.53. The standard InChI is InChI=1S/C15H22O/c1-3-5-13-8-10-14(11-9-13)16-15-7-4-6-12(15)2/h8-12,15H,3-7H2,1-2H3. The molecule has 1 fully saturated rings. The summed E-state index contributed by atoms with van der Waals surface area (Å²) in [6, 6.07) is 8.63. The van der Waals surface area contributed by atoms with Gasteiger partial charge in [-0.05, 0) is 49.3 Å². The Bertz CT molecular complexity index is 315. The molecule has 1 heteroatoms. The molecule has 0 radical (unpaired) electrons. The van der Waals surface area contributed by atoms with Crippen LogP contribution >= 0.6 is 0 Å². The number of benzene rings is 1. The quantitative estimate of drug-likeness (QED) is 0.735. The number of ether oxygens (including phenoxy) is 1. The van der Waals surface area contributed by atoms with Gasteiger partial charge in [0, 0.05) is 0 Å². The molecule has 88 valence electrons. The van der Waals surface area contributed by atoms with E-state index < -0.39 is 0 Å². The highest BCUT2D eigenvalue weighted by Gasteiger charge is 2.24. The van der Waals surface area contributed by atoms with Gasteiger partial charge in [-0.25, -0.2) is 0 Å². The lowest BCUT2D eigenvalue weighted by Crippen LogP contribution is -2.18. The van der Waals surface area contributed by atoms with Gasteiger partial charge in [0.25, 0.3) is 0 Å². The largest absolute Gasteiger partial charge is 0.490 e. The second-order valence-electron chi connectivity index (χ2n) is 4.96. The predicted octanol–water partition coefficient (Wildman–Crippen LogP) is 4.21. The van der Waals surface area contributed by atoms with Gasteiger partial charge in [0.1, 0.15) is 11.9 Å². The zero-order chi connectivity index (χ0) is 11.4. The van der Waals surface area contributed by atoms with E-state index in [1.54, 1.807) is 0 Å². The van der Waals surface area contributed by atoms with Crippen molar-refractivity contribution in [2.75, 3.05) is 0 Å². The molecule has 1 aliphatic rings. The van der Waals surface area contributed by atoms with Crippen molar-refractivity contribution in [3.05, 3.63) is 29.8 Å². The summed E-state index contributed by atoms with van der Waals surface area (Å²) >= 11 is 0. The SMILES string of the molecule is CCCc1ccc(OC2CCCC2C)cc1. The molecule has 2 unspecified atom stereocenters. The van der Waals surface area contributed by atoms with Crippen LogP contribution in [0.3, 0.4) is 0 Å². The average Bonchev–Trinajstić information content (AvgIpc) is 2.68. The van der Waals surface area contributed by atoms with E-state index in [-0.39, 0.29) is 0 Å². The van der Waals surface area contributed by atoms with Gasteiger partial charge in [0.05, 0.1) is 0 Å². The summed E-state index contributed by atoms with van der Waals surface area (Å²) in [6.07, 6.45) is 6.67. The maximum Gasteiger partial charge on any atom is 0.119 e. The second kappa shape index (κ2) is 5.38. The molecule has 0 heterocycles. The Balaban J connectivity index is 1.94. The maximum atomic E-state index is 6.02. The minimum Gasteiger partial charge on any atom is -0.490 e. The molecular formula is C15H22O. The molecule has 0 N–H and O–H groups in total. The van der Waals surface area contributed by atoms with Crippen LogP contribution in [0.2, 0.25) is 0 Å². The summed E-state index contributed by atoms with van der Waals surface area (Å²) in [5.74, 6) is 1.76. The van der Waals surface area contributed by atoms with Crippen LogP contribution in [0.4, 0.5) is 0 Å². The molecule has 0 amide bonds. The molecule has 1 aromatic rings. The lowest BCUT2D eigenvalue weighted by Gasteiger charge is -2.18. The van der Waals surface area contributed by atoms with Crippen molar-refractivity contribution in [3.63, 3.8) is 0 Å². The number of aryl methyl sites for hydroxylation is 1. The molecule has 2 rings (SSSR count). The summed E-state index contributed by atoms with van der Waals surface area (Å²) in [5, 5.41) is 0. The van der Waals surface area contributed by atoms with E-state index in [0.717, 1.165) is 11.7 Å². The Hall–Kier alpha value is -0.980. The first kappa shape index (κ1) is 11.5. The summed E-state index contributed by atoms with van der Waals surface area (Å²) in [7, 11) is 0. The van der Waals surface area contributed by atoms with Gasteiger partial charge >= 0.3 is 0 Å². The summed E-state index contributed by atoms with van der Waals surface area (Å²) in [5.41, 5.74) is 1.41. The van der Waals surface area contributed by atoms with Gasteiger partial charge in [-0.3, -0.25) is 0 Å². The van der Waals surface area contributed by atoms with Crippen molar-refractivity contribution >= 4 is 0 Å². The third-order valence-electron chi connectivity index (χ3n) is 3.53. The monoisotopic (exact) mass is 218 g/mol. The topological polar surface area (TPSA) is 9.23 Å². The van der Waals surface area contributed by atoms with Gasteiger partial charge in [-0.2, -0.15) is 0 Å². The summed E-state index contributed by atoms with van der Waals surface area (Å²) in [4.78, 5) is 0. The minimum absolute atomic E-state index is 0.442. The van der Waals surface area contributed by atoms with Crippen LogP contribution in [0.15, 0.2) is 24.3 Å². The highest BCUT2D eigenvalue weighted by atomic mass is 16.5. The van der Waals surface area contributed by atoms with E-state index in [9.17, 15) is 0 Å². The van der Waals surface area contributed by atoms with Crippen molar-refractivity contribution < 1.29 is 4.74 Å². The van der Waals surface area contributed by atoms with Crippen LogP contribution in [0.25, 0.3) is 0 Å². The molecule has 0 spiro atoms. The van der Waals surface area contributed by atoms with Crippen molar-refractivity contribution in [2.24, 2.45) is 5.92 Å². The molecule has 0 saturated heterocycles. The Labute approximate surface area is 98.8 Å². The lowest BCUT2D eigenvalue weighted by atomic mass is 10.1. The third kappa shape index (κ3) is 2.78. The van der Waals surface area contributed by atoms with E-state index in [1.165, 1.54) is 37.7 Å². The minimum atomic E-state index is 0.442. The van der Waals surface area contributed by atoms with Crippen molar-refractivity contribution in [1.29, 1.82) is 0 Å². The molecule has 1 aliphatic carbocycles. The lowest BCUT2D eigenvalue weighted by molar-refractivity contribution is 0.167. The highest BCUT2D eigenvalue weighted by molar-refractivity contribution is 5.27. The Morgan fingerprint density at radius 2 is 1.94 bits per heavy atom. The predicted molar refractivity (Wildman–Crippen MR) is 67.9 cm³/mol. The van der Waals surface area contributed by atoms with Crippen LogP contribution < -0.4 is 4.74 Å². The summed E-state index contributed by atoms with van der Waals surface area (Å²) < 4.78 is 6.02. The Morgan fingerprint density at radius 3 is 2.50 bits per heavy atom. The van der Waals surface area contributed by atoms with Gasteiger partial charge < -0.3 is 4.74 Å². The normalized spacial score (nSPS) is 24.6. The summed E-state index contributed by atoms with van der Waals surface area (Å²) in [6.45, 7) is 4.51. The zero-order valence-corrected chi connectivity index (χ0v) is 10.4. The molecule has 16 heavy (non-hydrogen) atoms. The van der Waals surface area contributed by atoms with E-state index >= 15 is 0 Å². The fourth-order valence-corrected chi connectivity index (χ4v) is 2.48. The van der Waals surface area contributed by atoms with Crippen molar-refractivity contribution in [2.45, 2.75) is 52.1 Å². The number of rotatable bonds is 4. The van der Waals surface area contributed by atoms with Crippen LogP contribution in [0, 0.1) is 5.92 Å². The van der Waals surface area contributed by atoms with Crippen LogP contribution in [0.5, 0.6) is 5.75 Å². The molecule has 2 atom stereocenters. The molecule has 0 bridgehead atoms. The average molecular weight is 218 g/mol. The fraction of sp³-hybridized carbons (Fsp3) is 0.600. The Morgan fingerprint density at radius 1 is 1.19 bits per heavy atom. The highest BCUT2D eigenvalue weighted by Crippen LogP contribution is 2.29. The van der Waals surface area contributed by atoms with Gasteiger partial charge in [-0.1, -0.05) is 32.4 Å². The first-order valence-corrected chi connectivity index (χ1v) is 6.55. The molecule has 0 aliphatic heterocycles. The fourth-order valence-electron chi connectivity index (χ4n) is 2.48. The van der Waals surface area contributed by atoms with Gasteiger partial charge in [-0.15, -0.1) is 0 Å². The molecule has 1 saturated carbocycles. The Kier molecular flexibility index (Phi) is 3.87. The van der Waals surface area contributed by atoms with Gasteiger partial charge in [0.15, 0.2) is 0 Å². The molecular weight excluding hydrogens is 196 g/mol. The van der Waals surface area contributed by atoms with E-state index in [2.05, 4.69) is 38.1 Å². The molecule has 0 aromatic heterocycles. The van der Waals surface area contributed by atoms with Crippen molar-refractivity contribution in [3.8, 4) is 5.75 Å². The first-order chi connectivity index (χ1) is 7.79. The number of hydrogen-bond acceptors (Lipinski definition) is 1. The van der Waals surface area contributed by atoms with Crippen LogP contribution in [-0.2, 0) is 6.42 Å². The second-order valence-corrected chi connectivity index (χ2v) is 4.96. The maximum absolute atomic E-state index is 6.02. The van der Waals surface area contributed by atoms with Gasteiger partial charge in [0.2, 0.25) is 0 Å². The molecule has 1 nitrogen and oxygen atoms in total. The van der Waals surface area contributed by atoms with Crippen LogP contribution in [-0.4, -0.2) is 6.10 Å². The first-order valence-electron chi connectivity index (χ1n) is 6.55. The molecule has 1 aromatic carbocycles. The zero-order valence-electron chi connectivity index (χ0n) is 10.4. The van der Waals surface area contributed by atoms with E-state index in [0.29, 0.717) is 6.10 Å². The van der Waals surface area contributed by atoms with Crippen LogP contribution in [0.1, 0.15) is 45.1 Å². The van der Waals surface area contributed by atoms with Crippen molar-refractivity contribution in [1.82, 2.24) is 0 Å². The number of hydrogen-bond donors (Lipinski definition) is 0.